The van der Waals surface area contributed by atoms with Gasteiger partial charge in [-0.1, -0.05) is 5.11 Å². The lowest BCUT2D eigenvalue weighted by molar-refractivity contribution is -0.158. The van der Waals surface area contributed by atoms with Crippen LogP contribution in [0, 0.1) is 11.6 Å². The van der Waals surface area contributed by atoms with Gasteiger partial charge in [0.15, 0.2) is 0 Å². The molecule has 1 saturated heterocycles. The molecule has 0 N–H and O–H groups in total. The second-order valence-corrected chi connectivity index (χ2v) is 7.88. The number of hydrogen-bond acceptors (Lipinski definition) is 5. The molecule has 1 aromatic rings. The molecule has 2 fully saturated rings. The molecule has 1 saturated carbocycles. The first-order valence-electron chi connectivity index (χ1n) is 8.79. The lowest BCUT2D eigenvalue weighted by Gasteiger charge is -2.25. The van der Waals surface area contributed by atoms with E-state index in [9.17, 15) is 18.4 Å². The van der Waals surface area contributed by atoms with Crippen molar-refractivity contribution in [3.05, 3.63) is 39.8 Å². The van der Waals surface area contributed by atoms with Gasteiger partial charge in [-0.15, -0.1) is 0 Å². The number of nitrogens with zero attached hydrogens (tertiary/aromatic N) is 4. The number of benzene rings is 1. The van der Waals surface area contributed by atoms with Crippen LogP contribution in [0.5, 0.6) is 0 Å². The van der Waals surface area contributed by atoms with Crippen LogP contribution in [0.4, 0.5) is 19.3 Å². The molecule has 1 aromatic carbocycles. The molecule has 10 heteroatoms. The van der Waals surface area contributed by atoms with E-state index >= 15 is 0 Å². The summed E-state index contributed by atoms with van der Waals surface area (Å²) in [4.78, 5) is 28.2. The van der Waals surface area contributed by atoms with Crippen LogP contribution in [0.1, 0.15) is 39.2 Å². The molecule has 28 heavy (non-hydrogen) atoms. The summed E-state index contributed by atoms with van der Waals surface area (Å²) in [5.41, 5.74) is 5.89. The normalized spacial score (nSPS) is 20.4. The van der Waals surface area contributed by atoms with Crippen LogP contribution in [0.15, 0.2) is 17.2 Å². The number of cyclic esters (lactones) is 1. The van der Waals surface area contributed by atoms with Gasteiger partial charge in [0.25, 0.3) is 0 Å². The molecule has 1 aliphatic carbocycles. The highest BCUT2D eigenvalue weighted by atomic mass is 19.1. The van der Waals surface area contributed by atoms with Crippen molar-refractivity contribution < 1.29 is 27.8 Å². The predicted octanol–water partition coefficient (Wildman–Crippen LogP) is 3.97. The summed E-state index contributed by atoms with van der Waals surface area (Å²) in [5, 5.41) is 3.39. The maximum atomic E-state index is 14.9. The Labute approximate surface area is 160 Å². The standard InChI is InChI=1S/C18H20F2N4O4/c1-17(2,3)28-15(25)18(4-5-18)14-12(19)6-10(7-13(14)20)24-11(8-22-23-21)9-27-16(24)26/h6-7,11H,4-5,8-9H2,1-3H3/t11-/m1/s1. The maximum Gasteiger partial charge on any atom is 0.414 e. The van der Waals surface area contributed by atoms with Crippen molar-refractivity contribution in [1.82, 2.24) is 0 Å². The Morgan fingerprint density at radius 1 is 1.39 bits per heavy atom. The zero-order chi connectivity index (χ0) is 20.7. The predicted molar refractivity (Wildman–Crippen MR) is 94.7 cm³/mol. The zero-order valence-electron chi connectivity index (χ0n) is 15.7. The lowest BCUT2D eigenvalue weighted by atomic mass is 9.93. The molecule has 1 atom stereocenters. The first-order chi connectivity index (χ1) is 13.1. The second-order valence-electron chi connectivity index (χ2n) is 7.88. The number of azide groups is 1. The van der Waals surface area contributed by atoms with E-state index in [-0.39, 0.29) is 37.2 Å². The first kappa shape index (κ1) is 19.9. The number of rotatable bonds is 5. The molecule has 2 aliphatic rings. The van der Waals surface area contributed by atoms with Crippen molar-refractivity contribution in [2.45, 2.75) is 50.7 Å². The first-order valence-corrected chi connectivity index (χ1v) is 8.79. The van der Waals surface area contributed by atoms with Crippen LogP contribution >= 0.6 is 0 Å². The van der Waals surface area contributed by atoms with Gasteiger partial charge in [0.1, 0.15) is 23.8 Å². The smallest absolute Gasteiger partial charge is 0.414 e. The van der Waals surface area contributed by atoms with Gasteiger partial charge in [-0.05, 0) is 51.3 Å². The molecule has 3 rings (SSSR count). The minimum atomic E-state index is -1.35. The molecule has 1 amide bonds. The number of ether oxygens (including phenoxy) is 2. The molecule has 0 bridgehead atoms. The molecule has 1 heterocycles. The van der Waals surface area contributed by atoms with Gasteiger partial charge in [0, 0.05) is 10.5 Å². The van der Waals surface area contributed by atoms with E-state index < -0.39 is 40.8 Å². The number of carbonyl (C=O) groups is 2. The van der Waals surface area contributed by atoms with E-state index in [1.165, 1.54) is 0 Å². The minimum absolute atomic E-state index is 0.0648. The van der Waals surface area contributed by atoms with Crippen LogP contribution in [0.3, 0.4) is 0 Å². The Bertz CT molecular complexity index is 850. The Balaban J connectivity index is 1.95. The quantitative estimate of drug-likeness (QED) is 0.326. The van der Waals surface area contributed by atoms with Crippen LogP contribution in [-0.4, -0.2) is 36.9 Å². The summed E-state index contributed by atoms with van der Waals surface area (Å²) in [5.74, 6) is -2.56. The molecule has 150 valence electrons. The van der Waals surface area contributed by atoms with Crippen molar-refractivity contribution in [2.75, 3.05) is 18.1 Å². The van der Waals surface area contributed by atoms with Crippen LogP contribution in [-0.2, 0) is 19.7 Å². The van der Waals surface area contributed by atoms with E-state index in [2.05, 4.69) is 10.0 Å². The highest BCUT2D eigenvalue weighted by Gasteiger charge is 2.56. The molecule has 0 spiro atoms. The van der Waals surface area contributed by atoms with E-state index in [0.29, 0.717) is 0 Å². The molecule has 0 aromatic heterocycles. The largest absolute Gasteiger partial charge is 0.459 e. The van der Waals surface area contributed by atoms with Gasteiger partial charge in [-0.25, -0.2) is 13.6 Å². The fourth-order valence-electron chi connectivity index (χ4n) is 3.25. The number of amides is 1. The number of hydrogen-bond donors (Lipinski definition) is 0. The summed E-state index contributed by atoms with van der Waals surface area (Å²) >= 11 is 0. The van der Waals surface area contributed by atoms with Crippen molar-refractivity contribution in [1.29, 1.82) is 0 Å². The zero-order valence-corrected chi connectivity index (χ0v) is 15.7. The van der Waals surface area contributed by atoms with Crippen molar-refractivity contribution in [3.63, 3.8) is 0 Å². The van der Waals surface area contributed by atoms with Crippen molar-refractivity contribution in [2.24, 2.45) is 5.11 Å². The third-order valence-corrected chi connectivity index (χ3v) is 4.64. The van der Waals surface area contributed by atoms with Gasteiger partial charge in [0.2, 0.25) is 0 Å². The van der Waals surface area contributed by atoms with Crippen molar-refractivity contribution in [3.8, 4) is 0 Å². The Morgan fingerprint density at radius 3 is 2.50 bits per heavy atom. The summed E-state index contributed by atoms with van der Waals surface area (Å²) in [6, 6.07) is 1.30. The van der Waals surface area contributed by atoms with Crippen LogP contribution in [0.2, 0.25) is 0 Å². The molecule has 0 radical (unpaired) electrons. The highest BCUT2D eigenvalue weighted by molar-refractivity contribution is 5.91. The monoisotopic (exact) mass is 394 g/mol. The Kier molecular flexibility index (Phi) is 4.93. The van der Waals surface area contributed by atoms with Crippen LogP contribution in [0.25, 0.3) is 10.4 Å². The summed E-state index contributed by atoms with van der Waals surface area (Å²) in [6.45, 7) is 4.87. The van der Waals surface area contributed by atoms with Gasteiger partial charge in [0.05, 0.1) is 23.7 Å². The second kappa shape index (κ2) is 6.94. The van der Waals surface area contributed by atoms with Gasteiger partial charge in [-0.3, -0.25) is 9.69 Å². The van der Waals surface area contributed by atoms with E-state index in [0.717, 1.165) is 17.0 Å². The topological polar surface area (TPSA) is 105 Å². The van der Waals surface area contributed by atoms with Crippen LogP contribution < -0.4 is 4.90 Å². The maximum absolute atomic E-state index is 14.9. The molecular formula is C18H20F2N4O4. The highest BCUT2D eigenvalue weighted by Crippen LogP contribution is 2.52. The number of esters is 1. The summed E-state index contributed by atoms with van der Waals surface area (Å²) in [6.07, 6.45) is -0.237. The average molecular weight is 394 g/mol. The van der Waals surface area contributed by atoms with E-state index in [4.69, 9.17) is 15.0 Å². The fourth-order valence-corrected chi connectivity index (χ4v) is 3.25. The van der Waals surface area contributed by atoms with E-state index in [1.807, 2.05) is 0 Å². The molecule has 0 unspecified atom stereocenters. The SMILES string of the molecule is CC(C)(C)OC(=O)C1(c2c(F)cc(N3C(=O)OC[C@H]3CN=[N+]=[N-])cc2F)CC1. The number of anilines is 1. The Morgan fingerprint density at radius 2 is 2.00 bits per heavy atom. The number of carbonyl (C=O) groups excluding carboxylic acids is 2. The van der Waals surface area contributed by atoms with Gasteiger partial charge < -0.3 is 9.47 Å². The third kappa shape index (κ3) is 3.60. The number of halogens is 2. The fraction of sp³-hybridized carbons (Fsp3) is 0.556. The van der Waals surface area contributed by atoms with Crippen molar-refractivity contribution >= 4 is 17.7 Å². The Hall–Kier alpha value is -2.87. The summed E-state index contributed by atoms with van der Waals surface area (Å²) in [7, 11) is 0. The lowest BCUT2D eigenvalue weighted by Crippen LogP contribution is -2.36. The average Bonchev–Trinajstić information content (AvgIpc) is 3.28. The molecule has 8 nitrogen and oxygen atoms in total. The van der Waals surface area contributed by atoms with Gasteiger partial charge in [-0.2, -0.15) is 0 Å². The minimum Gasteiger partial charge on any atom is -0.459 e. The van der Waals surface area contributed by atoms with Gasteiger partial charge >= 0.3 is 12.1 Å². The summed E-state index contributed by atoms with van der Waals surface area (Å²) < 4.78 is 40.0. The molecular weight excluding hydrogens is 374 g/mol. The van der Waals surface area contributed by atoms with E-state index in [1.54, 1.807) is 20.8 Å². The third-order valence-electron chi connectivity index (χ3n) is 4.64. The molecule has 1 aliphatic heterocycles.